The predicted octanol–water partition coefficient (Wildman–Crippen LogP) is 1.46. The third-order valence-electron chi connectivity index (χ3n) is 0.435. The van der Waals surface area contributed by atoms with E-state index in [-0.39, 0.29) is 36.2 Å². The first-order chi connectivity index (χ1) is 4.70. The molecule has 1 radical (unpaired) electrons. The van der Waals surface area contributed by atoms with Crippen LogP contribution in [0.2, 0.25) is 0 Å². The van der Waals surface area contributed by atoms with Gasteiger partial charge >= 0.3 is 16.5 Å². The fourth-order valence-electron chi connectivity index (χ4n) is 0.198. The summed E-state index contributed by atoms with van der Waals surface area (Å²) in [7, 11) is -5.18. The van der Waals surface area contributed by atoms with Crippen LogP contribution in [0.25, 0.3) is 0 Å². The van der Waals surface area contributed by atoms with Gasteiger partial charge in [0, 0.05) is 38.7 Å². The van der Waals surface area contributed by atoms with E-state index >= 15 is 0 Å². The summed E-state index contributed by atoms with van der Waals surface area (Å²) in [6.07, 6.45) is 0. The van der Waals surface area contributed by atoms with Crippen LogP contribution in [0.15, 0.2) is 0 Å². The molecule has 59 valence electrons. The maximum absolute atomic E-state index is 10.3. The van der Waals surface area contributed by atoms with Crippen LogP contribution >= 0.6 is 16.5 Å². The topological polar surface area (TPSA) is 82.1 Å². The summed E-state index contributed by atoms with van der Waals surface area (Å²) in [5, 5.41) is 7.66. The number of hydrogen-bond donors (Lipinski definition) is 1. The first-order valence-corrected chi connectivity index (χ1v) is 4.46. The summed E-state index contributed by atoms with van der Waals surface area (Å²) >= 11 is 0. The molecule has 1 N–H and O–H groups in total. The van der Waals surface area contributed by atoms with E-state index in [1.807, 2.05) is 0 Å². The molecular formula is C2H6NaO6P2+2. The molecule has 0 heterocycles. The normalized spacial score (nSPS) is 11.8. The predicted molar refractivity (Wildman–Crippen MR) is 37.4 cm³/mol. The van der Waals surface area contributed by atoms with Crippen LogP contribution in [0.1, 0.15) is 6.92 Å². The van der Waals surface area contributed by atoms with Crippen LogP contribution in [-0.2, 0) is 22.6 Å². The van der Waals surface area contributed by atoms with E-state index in [0.717, 1.165) is 0 Å². The second-order valence-corrected chi connectivity index (χ2v) is 3.00. The molecule has 0 bridgehead atoms. The van der Waals surface area contributed by atoms with Crippen molar-refractivity contribution >= 4 is 46.1 Å². The minimum atomic E-state index is -2.73. The van der Waals surface area contributed by atoms with Crippen molar-refractivity contribution in [1.82, 2.24) is 0 Å². The van der Waals surface area contributed by atoms with E-state index in [0.29, 0.717) is 0 Å². The molecule has 0 saturated carbocycles. The van der Waals surface area contributed by atoms with Crippen LogP contribution in [-0.4, -0.2) is 41.4 Å². The van der Waals surface area contributed by atoms with Gasteiger partial charge in [0.25, 0.3) is 0 Å². The summed E-state index contributed by atoms with van der Waals surface area (Å²) in [6.45, 7) is 1.76. The third kappa shape index (κ3) is 8.95. The van der Waals surface area contributed by atoms with Crippen LogP contribution in [0.5, 0.6) is 0 Å². The van der Waals surface area contributed by atoms with Gasteiger partial charge in [0.15, 0.2) is 4.31 Å². The zero-order chi connectivity index (χ0) is 7.98. The van der Waals surface area contributed by atoms with Gasteiger partial charge < -0.3 is 0 Å². The fraction of sp³-hybridized carbons (Fsp3) is 1.00. The Bertz CT molecular complexity index is 139. The van der Waals surface area contributed by atoms with Crippen molar-refractivity contribution in [1.29, 1.82) is 0 Å². The molecule has 0 fully saturated rings. The van der Waals surface area contributed by atoms with Crippen LogP contribution < -0.4 is 0 Å². The number of rotatable bonds is 5. The van der Waals surface area contributed by atoms with Gasteiger partial charge in [-0.25, -0.2) is 5.26 Å². The summed E-state index contributed by atoms with van der Waals surface area (Å²) in [5.74, 6) is 0. The van der Waals surface area contributed by atoms with Crippen molar-refractivity contribution in [2.45, 2.75) is 6.92 Å². The molecule has 6 nitrogen and oxygen atoms in total. The van der Waals surface area contributed by atoms with Crippen molar-refractivity contribution in [3.63, 3.8) is 0 Å². The Labute approximate surface area is 87.3 Å². The Kier molecular flexibility index (Phi) is 12.1. The Morgan fingerprint density at radius 3 is 2.27 bits per heavy atom. The Morgan fingerprint density at radius 1 is 1.36 bits per heavy atom. The summed E-state index contributed by atoms with van der Waals surface area (Å²) in [4.78, 5) is 0. The van der Waals surface area contributed by atoms with Crippen molar-refractivity contribution in [3.05, 3.63) is 0 Å². The first kappa shape index (κ1) is 14.6. The molecule has 2 atom stereocenters. The molecule has 0 aromatic rings. The largest absolute Gasteiger partial charge is 0.778 e. The smallest absolute Gasteiger partial charge is 0.202 e. The van der Waals surface area contributed by atoms with Gasteiger partial charge in [-0.1, -0.05) is 0 Å². The van der Waals surface area contributed by atoms with E-state index < -0.39 is 16.5 Å². The zero-order valence-electron chi connectivity index (χ0n) is 6.09. The maximum atomic E-state index is 10.3. The average molecular weight is 211 g/mol. The monoisotopic (exact) mass is 211 g/mol. The molecule has 0 aromatic heterocycles. The van der Waals surface area contributed by atoms with Crippen molar-refractivity contribution in [3.8, 4) is 0 Å². The fourth-order valence-corrected chi connectivity index (χ4v) is 1.15. The van der Waals surface area contributed by atoms with Gasteiger partial charge in [0.05, 0.1) is 4.67 Å². The van der Waals surface area contributed by atoms with Crippen molar-refractivity contribution < 1.29 is 27.9 Å². The van der Waals surface area contributed by atoms with E-state index in [9.17, 15) is 9.13 Å². The molecule has 0 aliphatic heterocycles. The molecule has 0 aliphatic rings. The average Bonchev–Trinajstić information content (AvgIpc) is 1.88. The maximum Gasteiger partial charge on any atom is 0.778 e. The van der Waals surface area contributed by atoms with Crippen LogP contribution in [0.4, 0.5) is 0 Å². The van der Waals surface area contributed by atoms with Gasteiger partial charge in [-0.05, 0) is 6.92 Å². The summed E-state index contributed by atoms with van der Waals surface area (Å²) in [5.41, 5.74) is 0. The number of hydrogen-bond acceptors (Lipinski definition) is 6. The molecule has 0 saturated heterocycles. The van der Waals surface area contributed by atoms with Crippen molar-refractivity contribution in [2.75, 3.05) is 6.61 Å². The van der Waals surface area contributed by atoms with Crippen LogP contribution in [0.3, 0.4) is 0 Å². The Morgan fingerprint density at radius 2 is 1.91 bits per heavy atom. The molecule has 11 heavy (non-hydrogen) atoms. The summed E-state index contributed by atoms with van der Waals surface area (Å²) < 4.78 is 31.9. The molecule has 0 aromatic carbocycles. The molecule has 9 heteroatoms. The van der Waals surface area contributed by atoms with E-state index in [2.05, 4.69) is 13.5 Å². The van der Waals surface area contributed by atoms with Gasteiger partial charge in [0.1, 0.15) is 6.61 Å². The van der Waals surface area contributed by atoms with Crippen LogP contribution in [0, 0.1) is 0 Å². The second kappa shape index (κ2) is 9.13. The van der Waals surface area contributed by atoms with Gasteiger partial charge in [-0.2, -0.15) is 0 Å². The third-order valence-corrected chi connectivity index (χ3v) is 2.10. The Balaban J connectivity index is 0. The Hall–Kier alpha value is 1.04. The van der Waals surface area contributed by atoms with Crippen molar-refractivity contribution in [2.24, 2.45) is 0 Å². The molecule has 2 unspecified atom stereocenters. The molecule has 0 rings (SSSR count). The molecule has 0 amide bonds. The molecular weight excluding hydrogens is 205 g/mol. The van der Waals surface area contributed by atoms with Gasteiger partial charge in [0.2, 0.25) is 0 Å². The van der Waals surface area contributed by atoms with E-state index in [1.165, 1.54) is 0 Å². The quantitative estimate of drug-likeness (QED) is 0.321. The standard InChI is InChI=1S/C2H5O6P2.Na/c1-2-6-9(4)8-10(5)7-3;/h2H2,1H3;/q+1;/p+1. The minimum absolute atomic E-state index is 0. The first-order valence-electron chi connectivity index (χ1n) is 2.27. The molecule has 0 spiro atoms. The zero-order valence-corrected chi connectivity index (χ0v) is 9.88. The molecule has 0 aliphatic carbocycles. The van der Waals surface area contributed by atoms with Gasteiger partial charge in [-0.3, -0.25) is 0 Å². The van der Waals surface area contributed by atoms with E-state index in [4.69, 9.17) is 5.26 Å². The van der Waals surface area contributed by atoms with Gasteiger partial charge in [-0.15, -0.1) is 4.52 Å². The van der Waals surface area contributed by atoms with E-state index in [1.54, 1.807) is 6.92 Å². The SMILES string of the molecule is CCO[P+](=O)O[P+](=O)OO.[Na]. The summed E-state index contributed by atoms with van der Waals surface area (Å²) in [6, 6.07) is 0. The minimum Gasteiger partial charge on any atom is -0.202 e. The second-order valence-electron chi connectivity index (χ2n) is 1.03.